The lowest BCUT2D eigenvalue weighted by Gasteiger charge is -2.26. The standard InChI is InChI=1S/C75H50N2O2/c1-75(2)65-46-63(48-37-42-53(43-38-48)77(51-21-7-4-8-22-51)67-32-18-30-62-57-26-14-16-34-69(57)79-74(62)67)54-23-9-11-27-58(54)70(65)71-59-28-12-10-24-55(59)64-45-49(39-44-60(64)72(71)75)47-35-40-52(41-36-47)76(50-19-5-3-6-20-50)66-31-17-29-61-56-25-13-15-33-68(56)78-73(61)66/h3-46H,1-2H3. The molecule has 0 unspecified atom stereocenters. The van der Waals surface area contributed by atoms with Gasteiger partial charge in [-0.25, -0.2) is 0 Å². The summed E-state index contributed by atoms with van der Waals surface area (Å²) in [5.74, 6) is 0. The Hall–Kier alpha value is -10.2. The van der Waals surface area contributed by atoms with Gasteiger partial charge in [0.2, 0.25) is 0 Å². The van der Waals surface area contributed by atoms with Crippen LogP contribution in [0.1, 0.15) is 25.0 Å². The summed E-state index contributed by atoms with van der Waals surface area (Å²) < 4.78 is 13.2. The predicted molar refractivity (Wildman–Crippen MR) is 331 cm³/mol. The third-order valence-electron chi connectivity index (χ3n) is 16.8. The molecule has 1 aliphatic carbocycles. The number of rotatable bonds is 8. The van der Waals surface area contributed by atoms with Gasteiger partial charge in [0.05, 0.1) is 11.4 Å². The summed E-state index contributed by atoms with van der Waals surface area (Å²) in [5.41, 5.74) is 19.6. The second kappa shape index (κ2) is 17.4. The molecular formula is C75H50N2O2. The maximum atomic E-state index is 6.63. The molecule has 15 aromatic rings. The molecule has 0 atom stereocenters. The van der Waals surface area contributed by atoms with E-state index >= 15 is 0 Å². The Morgan fingerprint density at radius 3 is 1.28 bits per heavy atom. The van der Waals surface area contributed by atoms with Crippen LogP contribution in [0.15, 0.2) is 276 Å². The number of hydrogen-bond acceptors (Lipinski definition) is 4. The van der Waals surface area contributed by atoms with Crippen molar-refractivity contribution in [2.75, 3.05) is 9.80 Å². The van der Waals surface area contributed by atoms with Crippen LogP contribution in [0, 0.1) is 0 Å². The molecule has 13 aromatic carbocycles. The first-order valence-corrected chi connectivity index (χ1v) is 27.2. The van der Waals surface area contributed by atoms with Crippen molar-refractivity contribution < 1.29 is 8.83 Å². The number of benzene rings is 13. The van der Waals surface area contributed by atoms with Gasteiger partial charge >= 0.3 is 0 Å². The Balaban J connectivity index is 0.800. The minimum absolute atomic E-state index is 0.312. The largest absolute Gasteiger partial charge is 0.454 e. The zero-order chi connectivity index (χ0) is 52.3. The summed E-state index contributed by atoms with van der Waals surface area (Å²) >= 11 is 0. The van der Waals surface area contributed by atoms with Crippen molar-refractivity contribution in [3.05, 3.63) is 278 Å². The van der Waals surface area contributed by atoms with Crippen molar-refractivity contribution in [2.45, 2.75) is 19.3 Å². The van der Waals surface area contributed by atoms with E-state index in [1.807, 2.05) is 18.2 Å². The maximum absolute atomic E-state index is 6.63. The van der Waals surface area contributed by atoms with E-state index < -0.39 is 0 Å². The Kier molecular flexibility index (Phi) is 9.95. The highest BCUT2D eigenvalue weighted by atomic mass is 16.3. The summed E-state index contributed by atoms with van der Waals surface area (Å²) in [4.78, 5) is 4.62. The van der Waals surface area contributed by atoms with E-state index in [9.17, 15) is 0 Å². The summed E-state index contributed by atoms with van der Waals surface area (Å²) in [6, 6.07) is 96.6. The van der Waals surface area contributed by atoms with Gasteiger partial charge in [0, 0.05) is 49.7 Å². The van der Waals surface area contributed by atoms with Gasteiger partial charge < -0.3 is 18.6 Å². The molecule has 1 aliphatic rings. The first-order chi connectivity index (χ1) is 39.0. The van der Waals surface area contributed by atoms with Gasteiger partial charge in [-0.3, -0.25) is 0 Å². The minimum Gasteiger partial charge on any atom is -0.454 e. The molecule has 0 amide bonds. The smallest absolute Gasteiger partial charge is 0.159 e. The highest BCUT2D eigenvalue weighted by molar-refractivity contribution is 6.23. The lowest BCUT2D eigenvalue weighted by molar-refractivity contribution is 0.667. The first-order valence-electron chi connectivity index (χ1n) is 27.2. The minimum atomic E-state index is -0.312. The molecule has 4 heteroatoms. The van der Waals surface area contributed by atoms with Gasteiger partial charge in [0.25, 0.3) is 0 Å². The van der Waals surface area contributed by atoms with Crippen LogP contribution in [0.3, 0.4) is 0 Å². The van der Waals surface area contributed by atoms with Crippen LogP contribution < -0.4 is 9.80 Å². The number of para-hydroxylation sites is 6. The molecule has 2 aromatic heterocycles. The topological polar surface area (TPSA) is 32.8 Å². The monoisotopic (exact) mass is 1010 g/mol. The highest BCUT2D eigenvalue weighted by Gasteiger charge is 2.40. The lowest BCUT2D eigenvalue weighted by Crippen LogP contribution is -2.16. The Morgan fingerprint density at radius 2 is 0.722 bits per heavy atom. The first kappa shape index (κ1) is 45.1. The van der Waals surface area contributed by atoms with E-state index in [4.69, 9.17) is 8.83 Å². The van der Waals surface area contributed by atoms with Crippen molar-refractivity contribution in [3.63, 3.8) is 0 Å². The fourth-order valence-electron chi connectivity index (χ4n) is 13.2. The molecule has 0 saturated heterocycles. The van der Waals surface area contributed by atoms with Crippen LogP contribution >= 0.6 is 0 Å². The molecule has 4 nitrogen and oxygen atoms in total. The Morgan fingerprint density at radius 1 is 0.291 bits per heavy atom. The molecule has 0 aliphatic heterocycles. The van der Waals surface area contributed by atoms with E-state index in [1.165, 1.54) is 71.3 Å². The van der Waals surface area contributed by atoms with Crippen LogP contribution in [0.25, 0.3) is 110 Å². The fourth-order valence-corrected chi connectivity index (χ4v) is 13.2. The zero-order valence-electron chi connectivity index (χ0n) is 43.6. The summed E-state index contributed by atoms with van der Waals surface area (Å²) in [7, 11) is 0. The SMILES string of the molecule is CC1(C)c2cc(-c3ccc(N(c4ccccc4)c4cccc5c4oc4ccccc45)cc3)c3ccccc3c2-c2c1c1ccc(-c3ccc(N(c4ccccc4)c4cccc5c4oc4ccccc45)cc3)cc1c1ccccc21. The molecule has 0 fully saturated rings. The molecule has 79 heavy (non-hydrogen) atoms. The normalized spacial score (nSPS) is 12.8. The second-order valence-corrected chi connectivity index (χ2v) is 21.5. The number of nitrogens with zero attached hydrogens (tertiary/aromatic N) is 2. The summed E-state index contributed by atoms with van der Waals surface area (Å²) in [6.45, 7) is 4.86. The van der Waals surface area contributed by atoms with Crippen molar-refractivity contribution in [2.24, 2.45) is 0 Å². The van der Waals surface area contributed by atoms with Gasteiger partial charge in [0.1, 0.15) is 11.2 Å². The number of hydrogen-bond donors (Lipinski definition) is 0. The van der Waals surface area contributed by atoms with Crippen LogP contribution in [-0.2, 0) is 5.41 Å². The fraction of sp³-hybridized carbons (Fsp3) is 0.0400. The van der Waals surface area contributed by atoms with E-state index in [0.29, 0.717) is 0 Å². The average Bonchev–Trinajstić information content (AvgIpc) is 3.34. The summed E-state index contributed by atoms with van der Waals surface area (Å²) in [5, 5.41) is 12.1. The number of anilines is 6. The molecule has 372 valence electrons. The molecule has 16 rings (SSSR count). The van der Waals surface area contributed by atoms with Gasteiger partial charge in [-0.05, 0) is 162 Å². The quantitative estimate of drug-likeness (QED) is 0.142. The molecule has 0 bridgehead atoms. The highest BCUT2D eigenvalue weighted by Crippen LogP contribution is 2.58. The average molecular weight is 1010 g/mol. The Labute approximate surface area is 457 Å². The van der Waals surface area contributed by atoms with E-state index in [1.54, 1.807) is 0 Å². The molecule has 2 heterocycles. The van der Waals surface area contributed by atoms with Gasteiger partial charge in [0.15, 0.2) is 11.2 Å². The second-order valence-electron chi connectivity index (χ2n) is 21.5. The van der Waals surface area contributed by atoms with Crippen LogP contribution in [0.4, 0.5) is 34.1 Å². The van der Waals surface area contributed by atoms with Crippen molar-refractivity contribution in [3.8, 4) is 33.4 Å². The van der Waals surface area contributed by atoms with E-state index in [0.717, 1.165) is 83.6 Å². The third-order valence-corrected chi connectivity index (χ3v) is 16.8. The van der Waals surface area contributed by atoms with Crippen molar-refractivity contribution in [1.29, 1.82) is 0 Å². The lowest BCUT2D eigenvalue weighted by atomic mass is 9.78. The molecule has 0 N–H and O–H groups in total. The zero-order valence-corrected chi connectivity index (χ0v) is 43.6. The Bertz CT molecular complexity index is 4920. The van der Waals surface area contributed by atoms with Gasteiger partial charge in [-0.1, -0.05) is 196 Å². The maximum Gasteiger partial charge on any atom is 0.159 e. The summed E-state index contributed by atoms with van der Waals surface area (Å²) in [6.07, 6.45) is 0. The van der Waals surface area contributed by atoms with Crippen LogP contribution in [0.2, 0.25) is 0 Å². The van der Waals surface area contributed by atoms with Crippen LogP contribution in [-0.4, -0.2) is 0 Å². The molecular weight excluding hydrogens is 961 g/mol. The van der Waals surface area contributed by atoms with Gasteiger partial charge in [-0.15, -0.1) is 0 Å². The number of fused-ring (bicyclic) bond motifs is 16. The van der Waals surface area contributed by atoms with E-state index in [-0.39, 0.29) is 5.41 Å². The van der Waals surface area contributed by atoms with Crippen LogP contribution in [0.5, 0.6) is 0 Å². The van der Waals surface area contributed by atoms with Gasteiger partial charge in [-0.2, -0.15) is 0 Å². The van der Waals surface area contributed by atoms with E-state index in [2.05, 4.69) is 272 Å². The predicted octanol–water partition coefficient (Wildman–Crippen LogP) is 21.5. The molecule has 0 spiro atoms. The third kappa shape index (κ3) is 6.87. The molecule has 0 saturated carbocycles. The van der Waals surface area contributed by atoms with Crippen molar-refractivity contribution in [1.82, 2.24) is 0 Å². The molecule has 0 radical (unpaired) electrons. The number of furan rings is 2. The van der Waals surface area contributed by atoms with Crippen molar-refractivity contribution >= 4 is 110 Å².